The van der Waals surface area contributed by atoms with E-state index in [0.717, 1.165) is 11.3 Å². The van der Waals surface area contributed by atoms with E-state index in [1.807, 2.05) is 0 Å². The summed E-state index contributed by atoms with van der Waals surface area (Å²) in [5.74, 6) is 0. The van der Waals surface area contributed by atoms with Gasteiger partial charge in [-0.2, -0.15) is 0 Å². The molecule has 0 saturated carbocycles. The molecule has 0 bridgehead atoms. The average molecular weight is 296 g/mol. The van der Waals surface area contributed by atoms with E-state index >= 15 is 0 Å². The molecule has 114 valence electrons. The zero-order chi connectivity index (χ0) is 15.1. The summed E-state index contributed by atoms with van der Waals surface area (Å²) in [5, 5.41) is 39.8. The molecule has 8 nitrogen and oxygen atoms in total. The molecule has 0 aromatic heterocycles. The standard InChI is InChI=1S/C13H16N2O6/c16-6-10-11(17)12(18)13(21-10)14-4-3-7-5-8(15(19)20)1-2-9(7)14/h1-2,5,10-13,16-18H,3-4,6H2/t10-,11-,12-,13-/m1/s1. The van der Waals surface area contributed by atoms with Crippen molar-refractivity contribution in [2.75, 3.05) is 18.1 Å². The number of fused-ring (bicyclic) bond motifs is 1. The topological polar surface area (TPSA) is 116 Å². The van der Waals surface area contributed by atoms with Crippen LogP contribution in [0.1, 0.15) is 5.56 Å². The van der Waals surface area contributed by atoms with Crippen molar-refractivity contribution in [1.82, 2.24) is 0 Å². The molecule has 8 heteroatoms. The summed E-state index contributed by atoms with van der Waals surface area (Å²) in [6.45, 7) is 0.152. The summed E-state index contributed by atoms with van der Waals surface area (Å²) in [5.41, 5.74) is 1.58. The summed E-state index contributed by atoms with van der Waals surface area (Å²) < 4.78 is 5.50. The van der Waals surface area contributed by atoms with Crippen LogP contribution in [-0.2, 0) is 11.2 Å². The fraction of sp³-hybridized carbons (Fsp3) is 0.538. The van der Waals surface area contributed by atoms with Crippen molar-refractivity contribution >= 4 is 11.4 Å². The smallest absolute Gasteiger partial charge is 0.269 e. The number of hydrogen-bond donors (Lipinski definition) is 3. The summed E-state index contributed by atoms with van der Waals surface area (Å²) in [7, 11) is 0. The highest BCUT2D eigenvalue weighted by atomic mass is 16.6. The van der Waals surface area contributed by atoms with E-state index in [9.17, 15) is 20.3 Å². The second-order valence-electron chi connectivity index (χ2n) is 5.24. The lowest BCUT2D eigenvalue weighted by Gasteiger charge is -2.28. The second-order valence-corrected chi connectivity index (χ2v) is 5.24. The number of rotatable bonds is 3. The highest BCUT2D eigenvalue weighted by Crippen LogP contribution is 2.36. The number of non-ortho nitro benzene ring substituents is 1. The van der Waals surface area contributed by atoms with Gasteiger partial charge >= 0.3 is 0 Å². The molecule has 0 amide bonds. The molecular weight excluding hydrogens is 280 g/mol. The van der Waals surface area contributed by atoms with Crippen LogP contribution in [0.3, 0.4) is 0 Å². The van der Waals surface area contributed by atoms with Gasteiger partial charge in [0, 0.05) is 24.4 Å². The summed E-state index contributed by atoms with van der Waals surface area (Å²) >= 11 is 0. The monoisotopic (exact) mass is 296 g/mol. The Bertz CT molecular complexity index is 566. The Labute approximate surface area is 120 Å². The van der Waals surface area contributed by atoms with Gasteiger partial charge in [-0.3, -0.25) is 10.1 Å². The molecule has 0 unspecified atom stereocenters. The van der Waals surface area contributed by atoms with Crippen molar-refractivity contribution < 1.29 is 25.0 Å². The third-order valence-corrected chi connectivity index (χ3v) is 4.03. The maximum Gasteiger partial charge on any atom is 0.269 e. The van der Waals surface area contributed by atoms with Gasteiger partial charge in [0.2, 0.25) is 0 Å². The number of aliphatic hydroxyl groups excluding tert-OH is 3. The fourth-order valence-corrected chi connectivity index (χ4v) is 2.93. The first-order valence-electron chi connectivity index (χ1n) is 6.69. The predicted molar refractivity (Wildman–Crippen MR) is 71.9 cm³/mol. The van der Waals surface area contributed by atoms with Crippen molar-refractivity contribution in [3.8, 4) is 0 Å². The zero-order valence-corrected chi connectivity index (χ0v) is 11.1. The molecule has 1 aromatic carbocycles. The van der Waals surface area contributed by atoms with E-state index < -0.39 is 29.5 Å². The molecule has 1 fully saturated rings. The van der Waals surface area contributed by atoms with E-state index in [1.165, 1.54) is 12.1 Å². The van der Waals surface area contributed by atoms with Gasteiger partial charge in [-0.25, -0.2) is 0 Å². The maximum absolute atomic E-state index is 10.8. The van der Waals surface area contributed by atoms with Gasteiger partial charge in [-0.15, -0.1) is 0 Å². The van der Waals surface area contributed by atoms with E-state index in [1.54, 1.807) is 11.0 Å². The van der Waals surface area contributed by atoms with Gasteiger partial charge < -0.3 is 25.0 Å². The van der Waals surface area contributed by atoms with Crippen molar-refractivity contribution in [3.63, 3.8) is 0 Å². The van der Waals surface area contributed by atoms with E-state index in [0.29, 0.717) is 13.0 Å². The quantitative estimate of drug-likeness (QED) is 0.503. The first kappa shape index (κ1) is 14.2. The molecule has 1 saturated heterocycles. The van der Waals surface area contributed by atoms with Crippen LogP contribution in [0.5, 0.6) is 0 Å². The summed E-state index contributed by atoms with van der Waals surface area (Å²) in [6, 6.07) is 4.53. The van der Waals surface area contributed by atoms with Gasteiger partial charge in [0.1, 0.15) is 18.3 Å². The molecule has 0 aliphatic carbocycles. The average Bonchev–Trinajstić information content (AvgIpc) is 3.01. The largest absolute Gasteiger partial charge is 0.394 e. The summed E-state index contributed by atoms with van der Waals surface area (Å²) in [4.78, 5) is 12.1. The van der Waals surface area contributed by atoms with E-state index in [-0.39, 0.29) is 12.3 Å². The number of ether oxygens (including phenoxy) is 1. The molecule has 4 atom stereocenters. The van der Waals surface area contributed by atoms with E-state index in [4.69, 9.17) is 9.84 Å². The number of aliphatic hydroxyl groups is 3. The number of hydrogen-bond acceptors (Lipinski definition) is 7. The molecule has 0 radical (unpaired) electrons. The Morgan fingerprint density at radius 3 is 2.76 bits per heavy atom. The van der Waals surface area contributed by atoms with Crippen molar-refractivity contribution in [1.29, 1.82) is 0 Å². The first-order valence-corrected chi connectivity index (χ1v) is 6.69. The van der Waals surface area contributed by atoms with Crippen LogP contribution in [0.4, 0.5) is 11.4 Å². The van der Waals surface area contributed by atoms with Gasteiger partial charge in [-0.1, -0.05) is 0 Å². The highest BCUT2D eigenvalue weighted by Gasteiger charge is 2.46. The molecule has 0 spiro atoms. The molecule has 3 N–H and O–H groups in total. The third kappa shape index (κ3) is 2.26. The molecule has 21 heavy (non-hydrogen) atoms. The Kier molecular flexibility index (Phi) is 3.54. The normalized spacial score (nSPS) is 31.5. The van der Waals surface area contributed by atoms with Gasteiger partial charge in [0.05, 0.1) is 11.5 Å². The molecule has 3 rings (SSSR count). The number of nitro benzene ring substituents is 1. The van der Waals surface area contributed by atoms with Crippen molar-refractivity contribution in [2.24, 2.45) is 0 Å². The second kappa shape index (κ2) is 5.23. The maximum atomic E-state index is 10.8. The third-order valence-electron chi connectivity index (χ3n) is 4.03. The number of benzene rings is 1. The lowest BCUT2D eigenvalue weighted by molar-refractivity contribution is -0.384. The van der Waals surface area contributed by atoms with Crippen molar-refractivity contribution in [3.05, 3.63) is 33.9 Å². The highest BCUT2D eigenvalue weighted by molar-refractivity contribution is 5.62. The minimum absolute atomic E-state index is 0.0248. The molecule has 2 aliphatic rings. The Morgan fingerprint density at radius 2 is 2.14 bits per heavy atom. The SMILES string of the molecule is O=[N+]([O-])c1ccc2c(c1)CCN2[C@@H]1O[C@H](CO)[C@@H](O)[C@H]1O. The van der Waals surface area contributed by atoms with Crippen LogP contribution in [0.25, 0.3) is 0 Å². The van der Waals surface area contributed by atoms with Gasteiger partial charge in [-0.05, 0) is 18.1 Å². The minimum atomic E-state index is -1.15. The van der Waals surface area contributed by atoms with Crippen LogP contribution in [0, 0.1) is 10.1 Å². The predicted octanol–water partition coefficient (Wildman–Crippen LogP) is -0.604. The van der Waals surface area contributed by atoms with Crippen LogP contribution in [0.15, 0.2) is 18.2 Å². The minimum Gasteiger partial charge on any atom is -0.394 e. The molecule has 1 aromatic rings. The molecule has 2 aliphatic heterocycles. The number of nitrogens with zero attached hydrogens (tertiary/aromatic N) is 2. The molecule has 2 heterocycles. The van der Waals surface area contributed by atoms with Crippen molar-refractivity contribution in [2.45, 2.75) is 31.0 Å². The number of nitro groups is 1. The lowest BCUT2D eigenvalue weighted by atomic mass is 10.1. The first-order chi connectivity index (χ1) is 10.0. The number of anilines is 1. The van der Waals surface area contributed by atoms with Crippen LogP contribution >= 0.6 is 0 Å². The fourth-order valence-electron chi connectivity index (χ4n) is 2.93. The van der Waals surface area contributed by atoms with Crippen LogP contribution in [-0.4, -0.2) is 57.9 Å². The lowest BCUT2D eigenvalue weighted by Crippen LogP contribution is -2.43. The zero-order valence-electron chi connectivity index (χ0n) is 11.1. The van der Waals surface area contributed by atoms with Crippen LogP contribution < -0.4 is 4.90 Å². The summed E-state index contributed by atoms with van der Waals surface area (Å²) in [6.07, 6.45) is -3.28. The van der Waals surface area contributed by atoms with Gasteiger partial charge in [0.15, 0.2) is 6.23 Å². The molecular formula is C13H16N2O6. The van der Waals surface area contributed by atoms with E-state index in [2.05, 4.69) is 0 Å². The Morgan fingerprint density at radius 1 is 1.38 bits per heavy atom. The Balaban J connectivity index is 1.86. The van der Waals surface area contributed by atoms with Crippen LogP contribution in [0.2, 0.25) is 0 Å². The Hall–Kier alpha value is -1.74. The van der Waals surface area contributed by atoms with Gasteiger partial charge in [0.25, 0.3) is 5.69 Å².